The smallest absolute Gasteiger partial charge is 0.309 e. The maximum atomic E-state index is 12.0. The highest BCUT2D eigenvalue weighted by Gasteiger charge is 2.23. The highest BCUT2D eigenvalue weighted by molar-refractivity contribution is 5.72. The minimum Gasteiger partial charge on any atom is -0.462 e. The van der Waals surface area contributed by atoms with Crippen LogP contribution < -0.4 is 0 Å². The second-order valence-corrected chi connectivity index (χ2v) is 4.97. The Bertz CT molecular complexity index is 189. The Balaban J connectivity index is 2.34. The molecule has 1 saturated carbocycles. The summed E-state index contributed by atoms with van der Waals surface area (Å²) in [4.78, 5) is 12.0. The normalized spacial score (nSPS) is 17.7. The molecule has 1 rings (SSSR count). The molecule has 0 N–H and O–H groups in total. The zero-order chi connectivity index (χ0) is 11.8. The molecule has 0 aromatic heterocycles. The largest absolute Gasteiger partial charge is 0.462 e. The van der Waals surface area contributed by atoms with Crippen LogP contribution in [0.15, 0.2) is 0 Å². The molecular formula is C14H26O2. The Kier molecular flexibility index (Phi) is 6.51. The summed E-state index contributed by atoms with van der Waals surface area (Å²) in [6, 6.07) is 0. The molecule has 0 bridgehead atoms. The number of hydrogen-bond donors (Lipinski definition) is 0. The molecule has 0 atom stereocenters. The number of carbonyl (C=O) groups excluding carboxylic acids is 1. The van der Waals surface area contributed by atoms with Gasteiger partial charge in [-0.2, -0.15) is 0 Å². The average molecular weight is 226 g/mol. The molecule has 0 amide bonds. The Hall–Kier alpha value is -0.530. The fourth-order valence-corrected chi connectivity index (χ4v) is 2.52. The molecule has 0 spiro atoms. The standard InChI is InChI=1S/C14H26O2/c1-3-8-12(9-4-2)14(15)16-13-10-6-5-7-11-13/h12-13H,3-11H2,1-2H3. The molecule has 0 aromatic rings. The van der Waals surface area contributed by atoms with Crippen molar-refractivity contribution < 1.29 is 9.53 Å². The van der Waals surface area contributed by atoms with Crippen LogP contribution in [0.2, 0.25) is 0 Å². The van der Waals surface area contributed by atoms with Gasteiger partial charge in [-0.1, -0.05) is 33.1 Å². The van der Waals surface area contributed by atoms with Gasteiger partial charge in [-0.25, -0.2) is 0 Å². The van der Waals surface area contributed by atoms with Crippen LogP contribution in [0.1, 0.15) is 71.6 Å². The van der Waals surface area contributed by atoms with E-state index in [0.717, 1.165) is 38.5 Å². The lowest BCUT2D eigenvalue weighted by Gasteiger charge is -2.24. The van der Waals surface area contributed by atoms with E-state index < -0.39 is 0 Å². The first-order valence-electron chi connectivity index (χ1n) is 6.98. The molecule has 0 heterocycles. The first-order valence-corrected chi connectivity index (χ1v) is 6.98. The van der Waals surface area contributed by atoms with Gasteiger partial charge in [0.2, 0.25) is 0 Å². The molecule has 16 heavy (non-hydrogen) atoms. The van der Waals surface area contributed by atoms with Crippen molar-refractivity contribution in [3.63, 3.8) is 0 Å². The van der Waals surface area contributed by atoms with E-state index >= 15 is 0 Å². The molecule has 2 nitrogen and oxygen atoms in total. The zero-order valence-electron chi connectivity index (χ0n) is 10.8. The number of ether oxygens (including phenoxy) is 1. The predicted octanol–water partition coefficient (Wildman–Crippen LogP) is 4.08. The summed E-state index contributed by atoms with van der Waals surface area (Å²) in [5.41, 5.74) is 0. The molecule has 1 fully saturated rings. The van der Waals surface area contributed by atoms with Gasteiger partial charge in [0.05, 0.1) is 5.92 Å². The number of rotatable bonds is 6. The van der Waals surface area contributed by atoms with Crippen LogP contribution in [0.4, 0.5) is 0 Å². The van der Waals surface area contributed by atoms with Crippen molar-refractivity contribution in [1.82, 2.24) is 0 Å². The number of carbonyl (C=O) groups is 1. The van der Waals surface area contributed by atoms with E-state index in [9.17, 15) is 4.79 Å². The van der Waals surface area contributed by atoms with Gasteiger partial charge in [-0.15, -0.1) is 0 Å². The summed E-state index contributed by atoms with van der Waals surface area (Å²) in [6.07, 6.45) is 10.3. The molecule has 1 aliphatic rings. The van der Waals surface area contributed by atoms with E-state index in [4.69, 9.17) is 4.74 Å². The summed E-state index contributed by atoms with van der Waals surface area (Å²) in [7, 11) is 0. The van der Waals surface area contributed by atoms with Crippen molar-refractivity contribution in [2.75, 3.05) is 0 Å². The molecule has 1 aliphatic carbocycles. The lowest BCUT2D eigenvalue weighted by atomic mass is 9.96. The fraction of sp³-hybridized carbons (Fsp3) is 0.929. The van der Waals surface area contributed by atoms with Crippen LogP contribution in [0, 0.1) is 5.92 Å². The van der Waals surface area contributed by atoms with Crippen LogP contribution in [0.5, 0.6) is 0 Å². The topological polar surface area (TPSA) is 26.3 Å². The summed E-state index contributed by atoms with van der Waals surface area (Å²) >= 11 is 0. The SMILES string of the molecule is CCCC(CCC)C(=O)OC1CCCCC1. The van der Waals surface area contributed by atoms with E-state index in [-0.39, 0.29) is 18.0 Å². The van der Waals surface area contributed by atoms with Crippen molar-refractivity contribution >= 4 is 5.97 Å². The first-order chi connectivity index (χ1) is 7.77. The van der Waals surface area contributed by atoms with Crippen molar-refractivity contribution in [3.05, 3.63) is 0 Å². The van der Waals surface area contributed by atoms with Gasteiger partial charge in [0, 0.05) is 0 Å². The van der Waals surface area contributed by atoms with Gasteiger partial charge in [-0.05, 0) is 38.5 Å². The summed E-state index contributed by atoms with van der Waals surface area (Å²) in [5.74, 6) is 0.215. The Morgan fingerprint density at radius 1 is 1.12 bits per heavy atom. The van der Waals surface area contributed by atoms with Gasteiger partial charge < -0.3 is 4.74 Å². The van der Waals surface area contributed by atoms with Crippen molar-refractivity contribution in [2.45, 2.75) is 77.7 Å². The third-order valence-corrected chi connectivity index (χ3v) is 3.44. The van der Waals surface area contributed by atoms with E-state index in [1.807, 2.05) is 0 Å². The molecule has 94 valence electrons. The average Bonchev–Trinajstić information content (AvgIpc) is 2.30. The highest BCUT2D eigenvalue weighted by atomic mass is 16.5. The van der Waals surface area contributed by atoms with Gasteiger partial charge in [0.1, 0.15) is 6.10 Å². The molecule has 0 saturated heterocycles. The first kappa shape index (κ1) is 13.5. The minimum atomic E-state index is 0.0654. The van der Waals surface area contributed by atoms with Crippen molar-refractivity contribution in [3.8, 4) is 0 Å². The lowest BCUT2D eigenvalue weighted by Crippen LogP contribution is -2.26. The third-order valence-electron chi connectivity index (χ3n) is 3.44. The lowest BCUT2D eigenvalue weighted by molar-refractivity contribution is -0.156. The van der Waals surface area contributed by atoms with E-state index in [1.165, 1.54) is 19.3 Å². The molecule has 0 radical (unpaired) electrons. The second-order valence-electron chi connectivity index (χ2n) is 4.97. The summed E-state index contributed by atoms with van der Waals surface area (Å²) < 4.78 is 5.62. The molecule has 2 heteroatoms. The fourth-order valence-electron chi connectivity index (χ4n) is 2.52. The van der Waals surface area contributed by atoms with E-state index in [2.05, 4.69) is 13.8 Å². The van der Waals surface area contributed by atoms with Gasteiger partial charge in [-0.3, -0.25) is 4.79 Å². The van der Waals surface area contributed by atoms with Crippen LogP contribution in [0.3, 0.4) is 0 Å². The van der Waals surface area contributed by atoms with Gasteiger partial charge in [0.15, 0.2) is 0 Å². The Morgan fingerprint density at radius 2 is 1.69 bits per heavy atom. The summed E-state index contributed by atoms with van der Waals surface area (Å²) in [5, 5.41) is 0. The molecular weight excluding hydrogens is 200 g/mol. The van der Waals surface area contributed by atoms with Gasteiger partial charge >= 0.3 is 5.97 Å². The third kappa shape index (κ3) is 4.54. The maximum absolute atomic E-state index is 12.0. The summed E-state index contributed by atoms with van der Waals surface area (Å²) in [6.45, 7) is 4.27. The van der Waals surface area contributed by atoms with Crippen LogP contribution >= 0.6 is 0 Å². The quantitative estimate of drug-likeness (QED) is 0.638. The second kappa shape index (κ2) is 7.70. The van der Waals surface area contributed by atoms with Crippen molar-refractivity contribution in [2.24, 2.45) is 5.92 Å². The zero-order valence-corrected chi connectivity index (χ0v) is 10.8. The minimum absolute atomic E-state index is 0.0654. The highest BCUT2D eigenvalue weighted by Crippen LogP contribution is 2.23. The Labute approximate surface area is 99.8 Å². The predicted molar refractivity (Wildman–Crippen MR) is 66.3 cm³/mol. The number of hydrogen-bond acceptors (Lipinski definition) is 2. The monoisotopic (exact) mass is 226 g/mol. The van der Waals surface area contributed by atoms with E-state index in [1.54, 1.807) is 0 Å². The van der Waals surface area contributed by atoms with Crippen molar-refractivity contribution in [1.29, 1.82) is 0 Å². The molecule has 0 aliphatic heterocycles. The van der Waals surface area contributed by atoms with Crippen LogP contribution in [-0.4, -0.2) is 12.1 Å². The van der Waals surface area contributed by atoms with Crippen LogP contribution in [0.25, 0.3) is 0 Å². The molecule has 0 unspecified atom stereocenters. The van der Waals surface area contributed by atoms with E-state index in [0.29, 0.717) is 0 Å². The molecule has 0 aromatic carbocycles. The number of esters is 1. The van der Waals surface area contributed by atoms with Crippen LogP contribution in [-0.2, 0) is 9.53 Å². The van der Waals surface area contributed by atoms with Gasteiger partial charge in [0.25, 0.3) is 0 Å². The Morgan fingerprint density at radius 3 is 2.19 bits per heavy atom. The maximum Gasteiger partial charge on any atom is 0.309 e.